The maximum Gasteiger partial charge on any atom is 0.234 e. The van der Waals surface area contributed by atoms with Gasteiger partial charge in [-0.05, 0) is 62.4 Å². The quantitative estimate of drug-likeness (QED) is 0.299. The number of carbonyl (C=O) groups excluding carboxylic acids is 1. The molecule has 33 heavy (non-hydrogen) atoms. The highest BCUT2D eigenvalue weighted by molar-refractivity contribution is 7.99. The monoisotopic (exact) mass is 459 g/mol. The molecule has 0 aliphatic rings. The molecule has 2 aromatic heterocycles. The van der Waals surface area contributed by atoms with Crippen LogP contribution in [0.4, 0.5) is 17.1 Å². The molecule has 0 aliphatic heterocycles. The summed E-state index contributed by atoms with van der Waals surface area (Å²) in [5, 5.41) is 11.6. The second kappa shape index (κ2) is 10.2. The summed E-state index contributed by atoms with van der Waals surface area (Å²) in [4.78, 5) is 18.8. The van der Waals surface area contributed by atoms with Crippen LogP contribution in [0, 0.1) is 0 Å². The average Bonchev–Trinajstić information content (AvgIpc) is 3.20. The number of hydrogen-bond acceptors (Lipinski definition) is 7. The van der Waals surface area contributed by atoms with Gasteiger partial charge in [0.25, 0.3) is 0 Å². The van der Waals surface area contributed by atoms with Gasteiger partial charge in [-0.25, -0.2) is 4.68 Å². The van der Waals surface area contributed by atoms with E-state index in [1.54, 1.807) is 18.5 Å². The minimum atomic E-state index is -0.151. The van der Waals surface area contributed by atoms with Crippen LogP contribution in [0.5, 0.6) is 0 Å². The topological polar surface area (TPSA) is 102 Å². The number of rotatable bonds is 8. The third-order valence-electron chi connectivity index (χ3n) is 4.90. The van der Waals surface area contributed by atoms with E-state index in [4.69, 9.17) is 5.84 Å². The average molecular weight is 460 g/mol. The van der Waals surface area contributed by atoms with Gasteiger partial charge in [0.1, 0.15) is 0 Å². The van der Waals surface area contributed by atoms with Crippen LogP contribution in [0.2, 0.25) is 0 Å². The number of nitrogens with zero attached hydrogens (tertiary/aromatic N) is 5. The summed E-state index contributed by atoms with van der Waals surface area (Å²) in [6.45, 7) is 4.30. The van der Waals surface area contributed by atoms with Gasteiger partial charge in [-0.2, -0.15) is 0 Å². The van der Waals surface area contributed by atoms with Crippen LogP contribution >= 0.6 is 11.8 Å². The molecule has 0 saturated carbocycles. The molecule has 168 valence electrons. The highest BCUT2D eigenvalue weighted by Crippen LogP contribution is 2.29. The largest absolute Gasteiger partial charge is 0.339 e. The zero-order valence-corrected chi connectivity index (χ0v) is 19.2. The van der Waals surface area contributed by atoms with E-state index in [0.29, 0.717) is 11.0 Å². The van der Waals surface area contributed by atoms with Crippen LogP contribution in [0.1, 0.15) is 13.8 Å². The fourth-order valence-electron chi connectivity index (χ4n) is 3.43. The van der Waals surface area contributed by atoms with Crippen molar-refractivity contribution in [3.63, 3.8) is 0 Å². The first-order chi connectivity index (χ1) is 16.0. The van der Waals surface area contributed by atoms with Crippen LogP contribution < -0.4 is 16.1 Å². The normalized spacial score (nSPS) is 10.9. The Hall–Kier alpha value is -3.85. The van der Waals surface area contributed by atoms with Crippen molar-refractivity contribution in [1.82, 2.24) is 19.9 Å². The summed E-state index contributed by atoms with van der Waals surface area (Å²) in [6, 6.07) is 22.0. The number of nitrogens with two attached hydrogens (primary N) is 1. The molecule has 0 saturated heterocycles. The van der Waals surface area contributed by atoms with E-state index >= 15 is 0 Å². The van der Waals surface area contributed by atoms with E-state index in [9.17, 15) is 4.79 Å². The van der Waals surface area contributed by atoms with Crippen molar-refractivity contribution < 1.29 is 4.79 Å². The highest BCUT2D eigenvalue weighted by atomic mass is 32.2. The van der Waals surface area contributed by atoms with Gasteiger partial charge >= 0.3 is 0 Å². The van der Waals surface area contributed by atoms with Crippen LogP contribution in [0.25, 0.3) is 11.4 Å². The Morgan fingerprint density at radius 1 is 1.03 bits per heavy atom. The van der Waals surface area contributed by atoms with E-state index in [1.165, 1.54) is 16.4 Å². The second-order valence-electron chi connectivity index (χ2n) is 7.60. The van der Waals surface area contributed by atoms with Crippen molar-refractivity contribution in [2.24, 2.45) is 0 Å². The zero-order valence-electron chi connectivity index (χ0n) is 18.4. The molecule has 0 atom stereocenters. The van der Waals surface area contributed by atoms with E-state index in [0.717, 1.165) is 22.6 Å². The van der Waals surface area contributed by atoms with E-state index < -0.39 is 0 Å². The number of benzene rings is 2. The standard InChI is InChI=1S/C24H25N7OS/c1-17(2)30(20-8-4-3-5-9-20)21-12-10-19(11-13-21)27-22(32)16-33-24-29-28-23(31(24)25)18-7-6-14-26-15-18/h3-15,17H,16,25H2,1-2H3,(H,27,32). The van der Waals surface area contributed by atoms with E-state index in [-0.39, 0.29) is 17.7 Å². The number of para-hydroxylation sites is 1. The van der Waals surface area contributed by atoms with Crippen LogP contribution in [0.3, 0.4) is 0 Å². The summed E-state index contributed by atoms with van der Waals surface area (Å²) in [5.41, 5.74) is 3.67. The predicted octanol–water partition coefficient (Wildman–Crippen LogP) is 4.33. The minimum absolute atomic E-state index is 0.151. The number of nitrogen functional groups attached to an aromatic ring is 1. The van der Waals surface area contributed by atoms with Crippen LogP contribution in [-0.2, 0) is 4.79 Å². The molecule has 2 heterocycles. The molecule has 9 heteroatoms. The smallest absolute Gasteiger partial charge is 0.234 e. The Labute approximate surface area is 196 Å². The number of pyridine rings is 1. The fraction of sp³-hybridized carbons (Fsp3) is 0.167. The second-order valence-corrected chi connectivity index (χ2v) is 8.54. The van der Waals surface area contributed by atoms with Gasteiger partial charge in [0.05, 0.1) is 5.75 Å². The van der Waals surface area contributed by atoms with Gasteiger partial charge < -0.3 is 16.1 Å². The number of amides is 1. The predicted molar refractivity (Wildman–Crippen MR) is 133 cm³/mol. The fourth-order valence-corrected chi connectivity index (χ4v) is 4.09. The minimum Gasteiger partial charge on any atom is -0.339 e. The number of hydrogen-bond donors (Lipinski definition) is 2. The third kappa shape index (κ3) is 5.32. The first-order valence-corrected chi connectivity index (χ1v) is 11.5. The van der Waals surface area contributed by atoms with Gasteiger partial charge in [0.2, 0.25) is 11.1 Å². The molecule has 3 N–H and O–H groups in total. The van der Waals surface area contributed by atoms with Crippen molar-refractivity contribution in [2.75, 3.05) is 21.8 Å². The van der Waals surface area contributed by atoms with Crippen LogP contribution in [0.15, 0.2) is 84.3 Å². The number of aromatic nitrogens is 4. The maximum absolute atomic E-state index is 12.5. The molecular formula is C24H25N7OS. The molecule has 0 radical (unpaired) electrons. The first kappa shape index (κ1) is 22.3. The SMILES string of the molecule is CC(C)N(c1ccccc1)c1ccc(NC(=O)CSc2nnc(-c3cccnc3)n2N)cc1. The molecular weight excluding hydrogens is 434 g/mol. The summed E-state index contributed by atoms with van der Waals surface area (Å²) >= 11 is 1.22. The summed E-state index contributed by atoms with van der Waals surface area (Å²) < 4.78 is 1.37. The van der Waals surface area contributed by atoms with Crippen molar-refractivity contribution in [3.05, 3.63) is 79.1 Å². The van der Waals surface area contributed by atoms with Gasteiger partial charge in [-0.3, -0.25) is 9.78 Å². The molecule has 0 unspecified atom stereocenters. The third-order valence-corrected chi connectivity index (χ3v) is 5.84. The van der Waals surface area contributed by atoms with Gasteiger partial charge in [0, 0.05) is 41.1 Å². The van der Waals surface area contributed by atoms with Crippen molar-refractivity contribution in [2.45, 2.75) is 25.0 Å². The summed E-state index contributed by atoms with van der Waals surface area (Å²) in [5.74, 6) is 6.60. The summed E-state index contributed by atoms with van der Waals surface area (Å²) in [7, 11) is 0. The number of nitrogens with one attached hydrogen (secondary N) is 1. The zero-order chi connectivity index (χ0) is 23.2. The van der Waals surface area contributed by atoms with Gasteiger partial charge in [-0.15, -0.1) is 10.2 Å². The lowest BCUT2D eigenvalue weighted by molar-refractivity contribution is -0.113. The number of thioether (sulfide) groups is 1. The molecule has 4 aromatic rings. The Balaban J connectivity index is 1.37. The Morgan fingerprint density at radius 2 is 1.76 bits per heavy atom. The molecule has 0 bridgehead atoms. The first-order valence-electron chi connectivity index (χ1n) is 10.5. The lowest BCUT2D eigenvalue weighted by atomic mass is 10.2. The van der Waals surface area contributed by atoms with E-state index in [1.807, 2.05) is 48.5 Å². The highest BCUT2D eigenvalue weighted by Gasteiger charge is 2.15. The Kier molecular flexibility index (Phi) is 6.89. The molecule has 0 fully saturated rings. The lowest BCUT2D eigenvalue weighted by Crippen LogP contribution is -2.25. The molecule has 0 aliphatic carbocycles. The van der Waals surface area contributed by atoms with Gasteiger partial charge in [-0.1, -0.05) is 30.0 Å². The Morgan fingerprint density at radius 3 is 2.42 bits per heavy atom. The van der Waals surface area contributed by atoms with Crippen LogP contribution in [-0.4, -0.2) is 37.6 Å². The molecule has 4 rings (SSSR count). The number of anilines is 3. The lowest BCUT2D eigenvalue weighted by Gasteiger charge is -2.29. The molecule has 1 amide bonds. The van der Waals surface area contributed by atoms with Crippen molar-refractivity contribution in [3.8, 4) is 11.4 Å². The van der Waals surface area contributed by atoms with Crippen molar-refractivity contribution in [1.29, 1.82) is 0 Å². The van der Waals surface area contributed by atoms with Gasteiger partial charge in [0.15, 0.2) is 5.82 Å². The number of carbonyl (C=O) groups is 1. The summed E-state index contributed by atoms with van der Waals surface area (Å²) in [6.07, 6.45) is 3.34. The molecule has 8 nitrogen and oxygen atoms in total. The Bertz CT molecular complexity index is 1190. The molecule has 0 spiro atoms. The van der Waals surface area contributed by atoms with E-state index in [2.05, 4.69) is 51.4 Å². The van der Waals surface area contributed by atoms with Crippen molar-refractivity contribution >= 4 is 34.7 Å². The maximum atomic E-state index is 12.5. The molecule has 2 aromatic carbocycles.